The van der Waals surface area contributed by atoms with Crippen molar-refractivity contribution in [3.63, 3.8) is 0 Å². The highest BCUT2D eigenvalue weighted by molar-refractivity contribution is 7.95. The molecule has 0 unspecified atom stereocenters. The standard InChI is InChI=1S/C52H53BN2O5P/c1-50(2)51(3,4)60-53(59-50)38-26-28-45-47(36-38)57-48-37-39(27-29-46(48)52(45)44-25-15-14-24-43(44)49(56)58-52)55-33-31-54(32-34-55)30-16-17-35-61(40-18-8-5-9-19-40,41-20-10-6-11-21-41)42-22-12-7-13-23-42/h5-15,18-29,36-37H,16-17,30-35H2,1-4H3/q+1/t52-/m1/s1. The van der Waals surface area contributed by atoms with Crippen LogP contribution in [-0.4, -0.2) is 68.1 Å². The quantitative estimate of drug-likeness (QED) is 0.0595. The molecule has 6 aromatic carbocycles. The van der Waals surface area contributed by atoms with Crippen LogP contribution in [0.2, 0.25) is 0 Å². The average molecular weight is 828 g/mol. The Kier molecular flexibility index (Phi) is 10.2. The largest absolute Gasteiger partial charge is 0.494 e. The summed E-state index contributed by atoms with van der Waals surface area (Å²) in [6, 6.07) is 53.7. The second-order valence-corrected chi connectivity index (χ2v) is 21.4. The number of nitrogens with zero attached hydrogens (tertiary/aromatic N) is 2. The maximum atomic E-state index is 13.5. The third-order valence-corrected chi connectivity index (χ3v) is 18.3. The molecule has 0 radical (unpaired) electrons. The first-order valence-corrected chi connectivity index (χ1v) is 23.7. The van der Waals surface area contributed by atoms with Crippen LogP contribution in [0.4, 0.5) is 5.69 Å². The molecule has 7 nitrogen and oxygen atoms in total. The summed E-state index contributed by atoms with van der Waals surface area (Å²) in [4.78, 5) is 18.6. The van der Waals surface area contributed by atoms with Gasteiger partial charge in [0.1, 0.15) is 34.7 Å². The summed E-state index contributed by atoms with van der Waals surface area (Å²) in [6.45, 7) is 13.1. The molecule has 2 saturated heterocycles. The first-order valence-electron chi connectivity index (χ1n) is 21.8. The summed E-state index contributed by atoms with van der Waals surface area (Å²) in [7, 11) is -2.39. The van der Waals surface area contributed by atoms with Crippen molar-refractivity contribution < 1.29 is 23.6 Å². The van der Waals surface area contributed by atoms with E-state index in [2.05, 4.69) is 147 Å². The number of hydrogen-bond acceptors (Lipinski definition) is 7. The van der Waals surface area contributed by atoms with E-state index in [1.54, 1.807) is 0 Å². The Morgan fingerprint density at radius 1 is 0.590 bits per heavy atom. The van der Waals surface area contributed by atoms with Crippen molar-refractivity contribution in [1.82, 2.24) is 4.90 Å². The first kappa shape index (κ1) is 39.9. The monoisotopic (exact) mass is 827 g/mol. The van der Waals surface area contributed by atoms with Crippen LogP contribution in [0, 0.1) is 0 Å². The van der Waals surface area contributed by atoms with Crippen molar-refractivity contribution in [2.75, 3.05) is 43.8 Å². The molecule has 0 N–H and O–H groups in total. The van der Waals surface area contributed by atoms with E-state index in [0.717, 1.165) is 79.6 Å². The molecule has 4 aliphatic heterocycles. The fourth-order valence-corrected chi connectivity index (χ4v) is 14.2. The molecule has 1 atom stereocenters. The zero-order chi connectivity index (χ0) is 41.8. The van der Waals surface area contributed by atoms with Gasteiger partial charge in [0, 0.05) is 54.6 Å². The van der Waals surface area contributed by atoms with Crippen molar-refractivity contribution in [3.8, 4) is 11.5 Å². The van der Waals surface area contributed by atoms with E-state index in [0.29, 0.717) is 17.1 Å². The van der Waals surface area contributed by atoms with Crippen LogP contribution in [-0.2, 0) is 19.6 Å². The van der Waals surface area contributed by atoms with E-state index >= 15 is 0 Å². The van der Waals surface area contributed by atoms with Gasteiger partial charge < -0.3 is 23.7 Å². The average Bonchev–Trinajstić information content (AvgIpc) is 3.71. The number of carbonyl (C=O) groups is 1. The van der Waals surface area contributed by atoms with Gasteiger partial charge in [-0.15, -0.1) is 0 Å². The van der Waals surface area contributed by atoms with Crippen molar-refractivity contribution >= 4 is 47.4 Å². The lowest BCUT2D eigenvalue weighted by Crippen LogP contribution is -2.46. The lowest BCUT2D eigenvalue weighted by atomic mass is 9.74. The van der Waals surface area contributed by atoms with Gasteiger partial charge >= 0.3 is 13.1 Å². The van der Waals surface area contributed by atoms with Gasteiger partial charge in [0.15, 0.2) is 5.60 Å². The summed E-state index contributed by atoms with van der Waals surface area (Å²) in [5, 5.41) is 4.35. The Bertz CT molecular complexity index is 2450. The van der Waals surface area contributed by atoms with Crippen LogP contribution in [0.1, 0.15) is 67.6 Å². The SMILES string of the molecule is CC1(C)OB(c2ccc3c(c2)Oc2cc(N4CCN(CCCC[P+](c5ccccc5)(c5ccccc5)c5ccccc5)CC4)ccc2[C@]32OC(=O)c3ccccc32)OC1(C)C. The van der Waals surface area contributed by atoms with Gasteiger partial charge in [-0.25, -0.2) is 4.79 Å². The maximum Gasteiger partial charge on any atom is 0.494 e. The van der Waals surface area contributed by atoms with Crippen LogP contribution < -0.4 is 31.0 Å². The van der Waals surface area contributed by atoms with Gasteiger partial charge in [-0.3, -0.25) is 4.90 Å². The van der Waals surface area contributed by atoms with E-state index in [1.165, 1.54) is 15.9 Å². The molecule has 1 spiro atoms. The zero-order valence-electron chi connectivity index (χ0n) is 35.6. The highest BCUT2D eigenvalue weighted by Gasteiger charge is 2.55. The van der Waals surface area contributed by atoms with Gasteiger partial charge in [0.25, 0.3) is 0 Å². The summed E-state index contributed by atoms with van der Waals surface area (Å²) in [5.41, 5.74) is 2.86. The lowest BCUT2D eigenvalue weighted by Gasteiger charge is -2.39. The maximum absolute atomic E-state index is 13.5. The molecule has 9 heteroatoms. The minimum absolute atomic E-state index is 0.336. The van der Waals surface area contributed by atoms with Crippen LogP contribution in [0.15, 0.2) is 152 Å². The minimum Gasteiger partial charge on any atom is -0.456 e. The van der Waals surface area contributed by atoms with Crippen LogP contribution in [0.3, 0.4) is 0 Å². The number of hydrogen-bond donors (Lipinski definition) is 0. The van der Waals surface area contributed by atoms with Gasteiger partial charge in [-0.2, -0.15) is 0 Å². The third-order valence-electron chi connectivity index (χ3n) is 13.8. The van der Waals surface area contributed by atoms with E-state index < -0.39 is 31.2 Å². The van der Waals surface area contributed by atoms with Crippen LogP contribution in [0.25, 0.3) is 0 Å². The Morgan fingerprint density at radius 3 is 1.74 bits per heavy atom. The second-order valence-electron chi connectivity index (χ2n) is 17.8. The first-order chi connectivity index (χ1) is 29.6. The Hall–Kier alpha value is -5.24. The van der Waals surface area contributed by atoms with E-state index in [9.17, 15) is 4.79 Å². The van der Waals surface area contributed by atoms with E-state index in [4.69, 9.17) is 18.8 Å². The molecule has 0 aromatic heterocycles. The fraction of sp³-hybridized carbons (Fsp3) is 0.288. The van der Waals surface area contributed by atoms with Crippen molar-refractivity contribution in [2.24, 2.45) is 0 Å². The summed E-state index contributed by atoms with van der Waals surface area (Å²) in [6.07, 6.45) is 3.45. The lowest BCUT2D eigenvalue weighted by molar-refractivity contribution is 0.00578. The van der Waals surface area contributed by atoms with Gasteiger partial charge in [-0.05, 0) is 113 Å². The minimum atomic E-state index is -1.83. The molecule has 0 aliphatic carbocycles. The molecule has 2 fully saturated rings. The van der Waals surface area contributed by atoms with Crippen LogP contribution in [0.5, 0.6) is 11.5 Å². The molecule has 61 heavy (non-hydrogen) atoms. The number of benzene rings is 6. The van der Waals surface area contributed by atoms with Crippen molar-refractivity contribution in [2.45, 2.75) is 57.3 Å². The smallest absolute Gasteiger partial charge is 0.456 e. The van der Waals surface area contributed by atoms with E-state index in [-0.39, 0.29) is 5.97 Å². The number of carbonyl (C=O) groups excluding carboxylic acids is 1. The fourth-order valence-electron chi connectivity index (χ4n) is 9.80. The topological polar surface area (TPSA) is 60.5 Å². The number of piperazine rings is 1. The van der Waals surface area contributed by atoms with Gasteiger partial charge in [0.2, 0.25) is 0 Å². The Morgan fingerprint density at radius 2 is 1.13 bits per heavy atom. The Balaban J connectivity index is 0.866. The number of unbranched alkanes of at least 4 members (excludes halogenated alkanes) is 1. The second kappa shape index (κ2) is 15.6. The zero-order valence-corrected chi connectivity index (χ0v) is 36.4. The summed E-state index contributed by atoms with van der Waals surface area (Å²) < 4.78 is 26.2. The Labute approximate surface area is 361 Å². The number of fused-ring (bicyclic) bond motifs is 6. The van der Waals surface area contributed by atoms with E-state index in [1.807, 2.05) is 42.5 Å². The molecule has 10 rings (SSSR count). The molecule has 6 aromatic rings. The highest BCUT2D eigenvalue weighted by atomic mass is 31.2. The molecular weight excluding hydrogens is 774 g/mol. The predicted octanol–water partition coefficient (Wildman–Crippen LogP) is 8.45. The number of esters is 1. The molecule has 0 bridgehead atoms. The molecule has 4 heterocycles. The summed E-state index contributed by atoms with van der Waals surface area (Å²) >= 11 is 0. The number of anilines is 1. The normalized spacial score (nSPS) is 20.2. The molecule has 308 valence electrons. The van der Waals surface area contributed by atoms with Crippen molar-refractivity contribution in [3.05, 3.63) is 174 Å². The third kappa shape index (κ3) is 6.80. The molecule has 0 amide bonds. The molecule has 4 aliphatic rings. The number of ether oxygens (including phenoxy) is 2. The van der Waals surface area contributed by atoms with Crippen LogP contribution >= 0.6 is 7.26 Å². The summed E-state index contributed by atoms with van der Waals surface area (Å²) in [5.74, 6) is 0.979. The van der Waals surface area contributed by atoms with Gasteiger partial charge in [-0.1, -0.05) is 84.9 Å². The highest BCUT2D eigenvalue weighted by Crippen LogP contribution is 2.57. The predicted molar refractivity (Wildman–Crippen MR) is 248 cm³/mol. The molecular formula is C52H53BN2O5P+. The van der Waals surface area contributed by atoms with Crippen molar-refractivity contribution in [1.29, 1.82) is 0 Å². The van der Waals surface area contributed by atoms with Gasteiger partial charge in [0.05, 0.1) is 22.9 Å². The number of rotatable bonds is 10. The molecule has 0 saturated carbocycles.